The number of aromatic carboxylic acids is 1. The number of carbonyl (C=O) groups excluding carboxylic acids is 2. The number of benzene rings is 1. The smallest absolute Gasteiger partial charge is 0.345 e. The van der Waals surface area contributed by atoms with Gasteiger partial charge in [0.25, 0.3) is 11.8 Å². The maximum absolute atomic E-state index is 12.6. The van der Waals surface area contributed by atoms with Crippen molar-refractivity contribution < 1.29 is 24.2 Å². The Morgan fingerprint density at radius 3 is 2.19 bits per heavy atom. The Kier molecular flexibility index (Phi) is 5.57. The van der Waals surface area contributed by atoms with E-state index in [-0.39, 0.29) is 28.9 Å². The minimum atomic E-state index is -1.06. The van der Waals surface area contributed by atoms with Crippen LogP contribution in [0.15, 0.2) is 36.4 Å². The quantitative estimate of drug-likeness (QED) is 0.840. The zero-order valence-corrected chi connectivity index (χ0v) is 15.8. The Morgan fingerprint density at radius 2 is 1.63 bits per heavy atom. The first-order valence-electron chi connectivity index (χ1n) is 8.52. The molecule has 1 aliphatic rings. The molecular weight excluding hydrogens is 368 g/mol. The molecule has 2 N–H and O–H groups in total. The number of amides is 2. The first-order valence-corrected chi connectivity index (χ1v) is 9.34. The Labute approximate surface area is 160 Å². The largest absolute Gasteiger partial charge is 0.477 e. The molecule has 2 atom stereocenters. The molecule has 0 spiro atoms. The van der Waals surface area contributed by atoms with Gasteiger partial charge in [-0.05, 0) is 50.2 Å². The summed E-state index contributed by atoms with van der Waals surface area (Å²) < 4.78 is 5.65. The fourth-order valence-corrected chi connectivity index (χ4v) is 3.73. The van der Waals surface area contributed by atoms with Crippen molar-refractivity contribution in [3.8, 4) is 0 Å². The predicted octanol–water partition coefficient (Wildman–Crippen LogP) is 2.95. The van der Waals surface area contributed by atoms with E-state index in [0.29, 0.717) is 29.2 Å². The normalized spacial score (nSPS) is 19.6. The molecule has 2 amide bonds. The number of carboxylic acids is 1. The lowest BCUT2D eigenvalue weighted by molar-refractivity contribution is -0.0586. The predicted molar refractivity (Wildman–Crippen MR) is 102 cm³/mol. The average Bonchev–Trinajstić information content (AvgIpc) is 3.11. The summed E-state index contributed by atoms with van der Waals surface area (Å²) in [6.45, 7) is 4.97. The van der Waals surface area contributed by atoms with Gasteiger partial charge in [0.05, 0.1) is 17.1 Å². The molecule has 1 aromatic carbocycles. The highest BCUT2D eigenvalue weighted by Gasteiger charge is 2.26. The maximum atomic E-state index is 12.6. The van der Waals surface area contributed by atoms with Crippen LogP contribution in [-0.2, 0) is 4.74 Å². The summed E-state index contributed by atoms with van der Waals surface area (Å²) in [4.78, 5) is 37.9. The van der Waals surface area contributed by atoms with Gasteiger partial charge in [-0.15, -0.1) is 11.3 Å². The fourth-order valence-electron chi connectivity index (χ4n) is 2.99. The van der Waals surface area contributed by atoms with Gasteiger partial charge in [-0.25, -0.2) is 4.79 Å². The van der Waals surface area contributed by atoms with Gasteiger partial charge < -0.3 is 20.1 Å². The lowest BCUT2D eigenvalue weighted by Crippen LogP contribution is -2.48. The number of hydrogen-bond donors (Lipinski definition) is 2. The van der Waals surface area contributed by atoms with Gasteiger partial charge in [0, 0.05) is 24.3 Å². The van der Waals surface area contributed by atoms with Gasteiger partial charge in [0.2, 0.25) is 0 Å². The Balaban J connectivity index is 1.65. The first kappa shape index (κ1) is 19.1. The Morgan fingerprint density at radius 1 is 1.04 bits per heavy atom. The van der Waals surface area contributed by atoms with Crippen LogP contribution in [0.1, 0.15) is 43.5 Å². The second kappa shape index (κ2) is 7.89. The van der Waals surface area contributed by atoms with Crippen LogP contribution in [0.5, 0.6) is 0 Å². The van der Waals surface area contributed by atoms with Crippen molar-refractivity contribution in [1.29, 1.82) is 0 Å². The highest BCUT2D eigenvalue weighted by Crippen LogP contribution is 2.20. The number of carbonyl (C=O) groups is 3. The van der Waals surface area contributed by atoms with Crippen molar-refractivity contribution in [2.75, 3.05) is 18.4 Å². The van der Waals surface area contributed by atoms with Gasteiger partial charge in [-0.2, -0.15) is 0 Å². The Hall–Kier alpha value is -2.71. The number of nitrogens with one attached hydrogen (secondary N) is 1. The van der Waals surface area contributed by atoms with Crippen LogP contribution >= 0.6 is 11.3 Å². The highest BCUT2D eigenvalue weighted by molar-refractivity contribution is 7.15. The number of hydrogen-bond acceptors (Lipinski definition) is 5. The summed E-state index contributed by atoms with van der Waals surface area (Å²) in [5.41, 5.74) is 1.07. The summed E-state index contributed by atoms with van der Waals surface area (Å²) in [5.74, 6) is -1.52. The summed E-state index contributed by atoms with van der Waals surface area (Å²) in [6, 6.07) is 9.52. The van der Waals surface area contributed by atoms with E-state index in [0.717, 1.165) is 11.3 Å². The number of rotatable bonds is 4. The number of morpholine rings is 1. The molecule has 1 saturated heterocycles. The van der Waals surface area contributed by atoms with E-state index < -0.39 is 5.97 Å². The lowest BCUT2D eigenvalue weighted by atomic mass is 10.1. The van der Waals surface area contributed by atoms with Crippen molar-refractivity contribution >= 4 is 34.8 Å². The molecule has 1 fully saturated rings. The van der Waals surface area contributed by atoms with Crippen LogP contribution < -0.4 is 5.32 Å². The van der Waals surface area contributed by atoms with Gasteiger partial charge in [-0.3, -0.25) is 9.59 Å². The fraction of sp³-hybridized carbons (Fsp3) is 0.316. The molecule has 2 unspecified atom stereocenters. The molecule has 2 heterocycles. The number of nitrogens with zero attached hydrogens (tertiary/aromatic N) is 1. The summed E-state index contributed by atoms with van der Waals surface area (Å²) in [7, 11) is 0. The third-order valence-corrected chi connectivity index (χ3v) is 5.21. The van der Waals surface area contributed by atoms with Crippen molar-refractivity contribution in [1.82, 2.24) is 4.90 Å². The number of thiophene rings is 1. The van der Waals surface area contributed by atoms with E-state index in [1.807, 2.05) is 13.8 Å². The van der Waals surface area contributed by atoms with Crippen molar-refractivity contribution in [2.24, 2.45) is 0 Å². The second-order valence-corrected chi connectivity index (χ2v) is 7.55. The van der Waals surface area contributed by atoms with E-state index in [9.17, 15) is 14.4 Å². The third-order valence-electron chi connectivity index (χ3n) is 4.14. The number of ether oxygens (including phenoxy) is 1. The van der Waals surface area contributed by atoms with Gasteiger partial charge in [0.1, 0.15) is 4.88 Å². The molecule has 1 aliphatic heterocycles. The second-order valence-electron chi connectivity index (χ2n) is 6.47. The van der Waals surface area contributed by atoms with Gasteiger partial charge >= 0.3 is 5.97 Å². The molecule has 3 rings (SSSR count). The SMILES string of the molecule is CC1CN(C(=O)c2ccc(NC(=O)c3ccc(C(=O)O)s3)cc2)CC(C)O1. The van der Waals surface area contributed by atoms with E-state index in [4.69, 9.17) is 9.84 Å². The van der Waals surface area contributed by atoms with E-state index in [1.165, 1.54) is 12.1 Å². The maximum Gasteiger partial charge on any atom is 0.345 e. The highest BCUT2D eigenvalue weighted by atomic mass is 32.1. The molecule has 1 aromatic heterocycles. The Bertz CT molecular complexity index is 851. The molecule has 142 valence electrons. The first-order chi connectivity index (χ1) is 12.8. The molecular formula is C19H20N2O5S. The summed E-state index contributed by atoms with van der Waals surface area (Å²) in [6.07, 6.45) is -0.00417. The molecule has 0 radical (unpaired) electrons. The van der Waals surface area contributed by atoms with E-state index >= 15 is 0 Å². The summed E-state index contributed by atoms with van der Waals surface area (Å²) >= 11 is 0.911. The minimum absolute atomic E-state index is 0.00208. The molecule has 0 saturated carbocycles. The van der Waals surface area contributed by atoms with E-state index in [2.05, 4.69) is 5.32 Å². The van der Waals surface area contributed by atoms with Crippen molar-refractivity contribution in [3.63, 3.8) is 0 Å². The molecule has 0 bridgehead atoms. The molecule has 27 heavy (non-hydrogen) atoms. The van der Waals surface area contributed by atoms with Crippen LogP contribution in [0.3, 0.4) is 0 Å². The standard InChI is InChI=1S/C19H20N2O5S/c1-11-9-21(10-12(2)26-11)18(23)13-3-5-14(6-4-13)20-17(22)15-7-8-16(27-15)19(24)25/h3-8,11-12H,9-10H2,1-2H3,(H,20,22)(H,24,25). The summed E-state index contributed by atoms with van der Waals surface area (Å²) in [5, 5.41) is 11.6. The number of carboxylic acid groups (broad SMARTS) is 1. The van der Waals surface area contributed by atoms with Crippen LogP contribution in [0.4, 0.5) is 5.69 Å². The molecule has 7 nitrogen and oxygen atoms in total. The van der Waals surface area contributed by atoms with Crippen molar-refractivity contribution in [2.45, 2.75) is 26.1 Å². The minimum Gasteiger partial charge on any atom is -0.477 e. The zero-order chi connectivity index (χ0) is 19.6. The zero-order valence-electron chi connectivity index (χ0n) is 15.0. The van der Waals surface area contributed by atoms with Crippen LogP contribution in [-0.4, -0.2) is 53.1 Å². The van der Waals surface area contributed by atoms with Crippen molar-refractivity contribution in [3.05, 3.63) is 51.7 Å². The average molecular weight is 388 g/mol. The van der Waals surface area contributed by atoms with Crippen LogP contribution in [0, 0.1) is 0 Å². The van der Waals surface area contributed by atoms with Crippen LogP contribution in [0.25, 0.3) is 0 Å². The monoisotopic (exact) mass is 388 g/mol. The molecule has 0 aliphatic carbocycles. The third kappa shape index (κ3) is 4.53. The van der Waals surface area contributed by atoms with E-state index in [1.54, 1.807) is 29.2 Å². The lowest BCUT2D eigenvalue weighted by Gasteiger charge is -2.35. The van der Waals surface area contributed by atoms with Crippen LogP contribution in [0.2, 0.25) is 0 Å². The topological polar surface area (TPSA) is 95.9 Å². The number of anilines is 1. The van der Waals surface area contributed by atoms with Gasteiger partial charge in [-0.1, -0.05) is 0 Å². The molecule has 2 aromatic rings. The van der Waals surface area contributed by atoms with Gasteiger partial charge in [0.15, 0.2) is 0 Å². The molecule has 8 heteroatoms.